The van der Waals surface area contributed by atoms with Crippen LogP contribution in [-0.4, -0.2) is 53.7 Å². The Morgan fingerprint density at radius 2 is 1.72 bits per heavy atom. The second-order valence-electron chi connectivity index (χ2n) is 7.52. The molecule has 2 aromatic carbocycles. The second kappa shape index (κ2) is 10.6. The van der Waals surface area contributed by atoms with E-state index in [1.807, 2.05) is 31.2 Å². The number of aromatic nitrogens is 2. The van der Waals surface area contributed by atoms with Gasteiger partial charge in [0, 0.05) is 38.8 Å². The summed E-state index contributed by atoms with van der Waals surface area (Å²) in [6.45, 7) is 7.03. The molecule has 1 saturated heterocycles. The minimum Gasteiger partial charge on any atom is -0.492 e. The van der Waals surface area contributed by atoms with Gasteiger partial charge in [0.2, 0.25) is 0 Å². The molecule has 8 heteroatoms. The first-order valence-corrected chi connectivity index (χ1v) is 10.8. The molecule has 0 radical (unpaired) electrons. The minimum absolute atomic E-state index is 0.380. The Morgan fingerprint density at radius 3 is 2.50 bits per heavy atom. The Morgan fingerprint density at radius 1 is 0.969 bits per heavy atom. The normalized spacial score (nSPS) is 14.1. The van der Waals surface area contributed by atoms with Crippen molar-refractivity contribution in [3.05, 3.63) is 72.6 Å². The van der Waals surface area contributed by atoms with Crippen molar-refractivity contribution in [3.63, 3.8) is 0 Å². The number of carbonyl (C=O) groups excluding carboxylic acids is 1. The number of nitrogens with one attached hydrogen (secondary N) is 2. The van der Waals surface area contributed by atoms with Crippen LogP contribution in [0.25, 0.3) is 0 Å². The molecule has 0 atom stereocenters. The average Bonchev–Trinajstić information content (AvgIpc) is 2.82. The molecule has 2 amide bonds. The van der Waals surface area contributed by atoms with Crippen LogP contribution in [0.5, 0.6) is 5.75 Å². The van der Waals surface area contributed by atoms with E-state index in [1.54, 1.807) is 12.1 Å². The molecule has 1 aromatic heterocycles. The van der Waals surface area contributed by atoms with Crippen LogP contribution in [0.4, 0.5) is 22.1 Å². The summed E-state index contributed by atoms with van der Waals surface area (Å²) in [4.78, 5) is 25.7. The molecule has 0 spiro atoms. The van der Waals surface area contributed by atoms with Gasteiger partial charge in [0.1, 0.15) is 23.7 Å². The molecular weight excluding hydrogens is 404 g/mol. The first-order valence-electron chi connectivity index (χ1n) is 10.8. The fourth-order valence-corrected chi connectivity index (χ4v) is 3.69. The standard InChI is InChI=1S/C24H28N6O2/c1-2-32-21-11-7-6-10-20(21)27-24(31)28-22-16-23(26-18-25-22)30-14-12-29(13-15-30)17-19-8-4-3-5-9-19/h3-11,16,18H,2,12-15,17H2,1H3,(H2,25,26,27,28,31). The zero-order chi connectivity index (χ0) is 22.2. The maximum absolute atomic E-state index is 12.5. The maximum atomic E-state index is 12.5. The summed E-state index contributed by atoms with van der Waals surface area (Å²) in [5, 5.41) is 5.60. The van der Waals surface area contributed by atoms with Gasteiger partial charge in [-0.3, -0.25) is 10.2 Å². The molecule has 3 aromatic rings. The summed E-state index contributed by atoms with van der Waals surface area (Å²) < 4.78 is 5.55. The van der Waals surface area contributed by atoms with Crippen LogP contribution in [0.15, 0.2) is 67.0 Å². The van der Waals surface area contributed by atoms with Crippen molar-refractivity contribution in [2.24, 2.45) is 0 Å². The van der Waals surface area contributed by atoms with E-state index in [0.717, 1.165) is 38.5 Å². The first kappa shape index (κ1) is 21.6. The van der Waals surface area contributed by atoms with E-state index in [9.17, 15) is 4.79 Å². The molecule has 2 heterocycles. The third kappa shape index (κ3) is 5.73. The lowest BCUT2D eigenvalue weighted by Gasteiger charge is -2.35. The monoisotopic (exact) mass is 432 g/mol. The predicted octanol–water partition coefficient (Wildman–Crippen LogP) is 3.84. The summed E-state index contributed by atoms with van der Waals surface area (Å²) >= 11 is 0. The van der Waals surface area contributed by atoms with Crippen molar-refractivity contribution in [2.75, 3.05) is 48.3 Å². The van der Waals surface area contributed by atoms with Gasteiger partial charge in [-0.05, 0) is 24.6 Å². The number of hydrogen-bond donors (Lipinski definition) is 2. The SMILES string of the molecule is CCOc1ccccc1NC(=O)Nc1cc(N2CCN(Cc3ccccc3)CC2)ncn1. The summed E-state index contributed by atoms with van der Waals surface area (Å²) in [7, 11) is 0. The lowest BCUT2D eigenvalue weighted by atomic mass is 10.2. The van der Waals surface area contributed by atoms with Gasteiger partial charge < -0.3 is 15.0 Å². The lowest BCUT2D eigenvalue weighted by Crippen LogP contribution is -2.46. The topological polar surface area (TPSA) is 82.6 Å². The third-order valence-electron chi connectivity index (χ3n) is 5.27. The van der Waals surface area contributed by atoms with Gasteiger partial charge in [0.15, 0.2) is 0 Å². The number of carbonyl (C=O) groups is 1. The van der Waals surface area contributed by atoms with Crippen molar-refractivity contribution in [2.45, 2.75) is 13.5 Å². The number of benzene rings is 2. The van der Waals surface area contributed by atoms with Crippen LogP contribution in [0.2, 0.25) is 0 Å². The molecule has 0 bridgehead atoms. The highest BCUT2D eigenvalue weighted by molar-refractivity contribution is 6.00. The Bertz CT molecular complexity index is 1020. The van der Waals surface area contributed by atoms with Crippen molar-refractivity contribution in [1.29, 1.82) is 0 Å². The van der Waals surface area contributed by atoms with Crippen LogP contribution in [-0.2, 0) is 6.54 Å². The first-order chi connectivity index (χ1) is 15.7. The quantitative estimate of drug-likeness (QED) is 0.590. The Labute approximate surface area is 188 Å². The zero-order valence-electron chi connectivity index (χ0n) is 18.2. The smallest absolute Gasteiger partial charge is 0.324 e. The van der Waals surface area contributed by atoms with E-state index in [4.69, 9.17) is 4.74 Å². The van der Waals surface area contributed by atoms with Gasteiger partial charge >= 0.3 is 6.03 Å². The maximum Gasteiger partial charge on any atom is 0.324 e. The van der Waals surface area contributed by atoms with E-state index in [0.29, 0.717) is 23.9 Å². The average molecular weight is 433 g/mol. The van der Waals surface area contributed by atoms with Crippen LogP contribution in [0.3, 0.4) is 0 Å². The number of urea groups is 1. The van der Waals surface area contributed by atoms with Gasteiger partial charge in [-0.15, -0.1) is 0 Å². The zero-order valence-corrected chi connectivity index (χ0v) is 18.2. The molecule has 1 fully saturated rings. The van der Waals surface area contributed by atoms with E-state index >= 15 is 0 Å². The van der Waals surface area contributed by atoms with Gasteiger partial charge in [0.05, 0.1) is 12.3 Å². The molecular formula is C24H28N6O2. The largest absolute Gasteiger partial charge is 0.492 e. The van der Waals surface area contributed by atoms with Crippen LogP contribution < -0.4 is 20.3 Å². The van der Waals surface area contributed by atoms with E-state index in [2.05, 4.69) is 54.7 Å². The van der Waals surface area contributed by atoms with Crippen LogP contribution in [0.1, 0.15) is 12.5 Å². The van der Waals surface area contributed by atoms with Gasteiger partial charge in [0.25, 0.3) is 0 Å². The molecule has 2 N–H and O–H groups in total. The fourth-order valence-electron chi connectivity index (χ4n) is 3.69. The summed E-state index contributed by atoms with van der Waals surface area (Å²) in [5.41, 5.74) is 1.93. The molecule has 0 unspecified atom stereocenters. The molecule has 0 aliphatic carbocycles. The fraction of sp³-hybridized carbons (Fsp3) is 0.292. The van der Waals surface area contributed by atoms with Crippen molar-refractivity contribution in [1.82, 2.24) is 14.9 Å². The number of nitrogens with zero attached hydrogens (tertiary/aromatic N) is 4. The summed E-state index contributed by atoms with van der Waals surface area (Å²) in [5.74, 6) is 1.89. The predicted molar refractivity (Wildman–Crippen MR) is 126 cm³/mol. The highest BCUT2D eigenvalue weighted by atomic mass is 16.5. The summed E-state index contributed by atoms with van der Waals surface area (Å²) in [6.07, 6.45) is 1.48. The van der Waals surface area contributed by atoms with Gasteiger partial charge in [-0.25, -0.2) is 14.8 Å². The number of ether oxygens (including phenoxy) is 1. The summed E-state index contributed by atoms with van der Waals surface area (Å²) in [6, 6.07) is 19.3. The van der Waals surface area contributed by atoms with Crippen molar-refractivity contribution >= 4 is 23.4 Å². The van der Waals surface area contributed by atoms with Gasteiger partial charge in [-0.2, -0.15) is 0 Å². The highest BCUT2D eigenvalue weighted by Gasteiger charge is 2.19. The Kier molecular flexibility index (Phi) is 7.14. The van der Waals surface area contributed by atoms with E-state index < -0.39 is 0 Å². The number of anilines is 3. The molecule has 166 valence electrons. The minimum atomic E-state index is -0.380. The Balaban J connectivity index is 1.32. The number of amides is 2. The molecule has 1 aliphatic rings. The van der Waals surface area contributed by atoms with Crippen LogP contribution in [0, 0.1) is 0 Å². The molecule has 1 aliphatic heterocycles. The number of rotatable bonds is 7. The second-order valence-corrected chi connectivity index (χ2v) is 7.52. The number of hydrogen-bond acceptors (Lipinski definition) is 6. The van der Waals surface area contributed by atoms with Crippen LogP contribution >= 0.6 is 0 Å². The number of para-hydroxylation sites is 2. The Hall–Kier alpha value is -3.65. The lowest BCUT2D eigenvalue weighted by molar-refractivity contribution is 0.249. The molecule has 8 nitrogen and oxygen atoms in total. The third-order valence-corrected chi connectivity index (χ3v) is 5.27. The molecule has 32 heavy (non-hydrogen) atoms. The molecule has 4 rings (SSSR count). The number of piperazine rings is 1. The molecule has 0 saturated carbocycles. The van der Waals surface area contributed by atoms with E-state index in [1.165, 1.54) is 11.9 Å². The van der Waals surface area contributed by atoms with Gasteiger partial charge in [-0.1, -0.05) is 42.5 Å². The highest BCUT2D eigenvalue weighted by Crippen LogP contribution is 2.24. The van der Waals surface area contributed by atoms with E-state index in [-0.39, 0.29) is 6.03 Å². The van der Waals surface area contributed by atoms with Crippen molar-refractivity contribution < 1.29 is 9.53 Å². The van der Waals surface area contributed by atoms with Crippen molar-refractivity contribution in [3.8, 4) is 5.75 Å².